The Labute approximate surface area is 224 Å². The van der Waals surface area contributed by atoms with Crippen molar-refractivity contribution < 1.29 is 13.2 Å². The summed E-state index contributed by atoms with van der Waals surface area (Å²) in [6, 6.07) is 10.8. The summed E-state index contributed by atoms with van der Waals surface area (Å²) in [6.45, 7) is 12.0. The monoisotopic (exact) mass is 539 g/mol. The Morgan fingerprint density at radius 3 is 2.36 bits per heavy atom. The van der Waals surface area contributed by atoms with E-state index in [0.717, 1.165) is 28.1 Å². The van der Waals surface area contributed by atoms with Gasteiger partial charge in [-0.15, -0.1) is 5.10 Å². The number of aryl methyl sites for hydroxylation is 2. The zero-order valence-corrected chi connectivity index (χ0v) is 22.7. The Bertz CT molecular complexity index is 1560. The van der Waals surface area contributed by atoms with Crippen molar-refractivity contribution in [3.05, 3.63) is 80.9 Å². The number of anilines is 1. The Hall–Kier alpha value is -3.73. The number of aromatic nitrogens is 5. The second-order valence-corrected chi connectivity index (χ2v) is 11.2. The highest BCUT2D eigenvalue weighted by Crippen LogP contribution is 2.34. The van der Waals surface area contributed by atoms with Crippen molar-refractivity contribution in [2.24, 2.45) is 0 Å². The molecule has 39 heavy (non-hydrogen) atoms. The first-order chi connectivity index (χ1) is 18.3. The third-order valence-corrected chi connectivity index (χ3v) is 7.23. The van der Waals surface area contributed by atoms with Crippen LogP contribution in [0.5, 0.6) is 0 Å². The van der Waals surface area contributed by atoms with Gasteiger partial charge in [0.25, 0.3) is 5.56 Å². The number of rotatable bonds is 4. The third-order valence-electron chi connectivity index (χ3n) is 7.23. The maximum atomic E-state index is 13.5. The van der Waals surface area contributed by atoms with Gasteiger partial charge < -0.3 is 9.88 Å². The smallest absolute Gasteiger partial charge is 0.369 e. The van der Waals surface area contributed by atoms with Crippen LogP contribution in [0.2, 0.25) is 0 Å². The van der Waals surface area contributed by atoms with Crippen LogP contribution in [0.15, 0.2) is 47.3 Å². The molecule has 2 aromatic carbocycles. The molecule has 1 fully saturated rings. The molecule has 1 aliphatic rings. The fourth-order valence-electron chi connectivity index (χ4n) is 5.35. The van der Waals surface area contributed by atoms with Crippen LogP contribution in [0.25, 0.3) is 10.9 Å². The van der Waals surface area contributed by atoms with Crippen LogP contribution in [0.1, 0.15) is 54.9 Å². The fourth-order valence-corrected chi connectivity index (χ4v) is 5.35. The van der Waals surface area contributed by atoms with Crippen molar-refractivity contribution in [3.8, 4) is 0 Å². The van der Waals surface area contributed by atoms with Gasteiger partial charge >= 0.3 is 6.18 Å². The van der Waals surface area contributed by atoms with Crippen molar-refractivity contribution in [1.29, 1.82) is 0 Å². The molecule has 3 heterocycles. The second-order valence-electron chi connectivity index (χ2n) is 11.2. The zero-order valence-electron chi connectivity index (χ0n) is 22.7. The lowest BCUT2D eigenvalue weighted by molar-refractivity contribution is -0.137. The normalized spacial score (nSPS) is 16.2. The maximum Gasteiger partial charge on any atom is 0.416 e. The number of H-pyrrole nitrogens is 1. The molecule has 0 amide bonds. The van der Waals surface area contributed by atoms with E-state index in [4.69, 9.17) is 0 Å². The van der Waals surface area contributed by atoms with Crippen molar-refractivity contribution in [2.45, 2.75) is 52.4 Å². The maximum absolute atomic E-state index is 13.5. The Morgan fingerprint density at radius 1 is 0.974 bits per heavy atom. The van der Waals surface area contributed by atoms with Crippen LogP contribution in [0.3, 0.4) is 0 Å². The molecule has 1 atom stereocenters. The Balaban J connectivity index is 1.54. The van der Waals surface area contributed by atoms with Gasteiger partial charge in [-0.25, -0.2) is 4.68 Å². The molecule has 11 heteroatoms. The lowest BCUT2D eigenvalue weighted by Crippen LogP contribution is -2.49. The zero-order chi connectivity index (χ0) is 28.1. The van der Waals surface area contributed by atoms with Gasteiger partial charge in [-0.2, -0.15) is 13.2 Å². The molecule has 4 aromatic rings. The molecule has 1 unspecified atom stereocenters. The Morgan fingerprint density at radius 2 is 1.69 bits per heavy atom. The molecular weight excluding hydrogens is 507 g/mol. The number of benzene rings is 2. The van der Waals surface area contributed by atoms with E-state index >= 15 is 0 Å². The van der Waals surface area contributed by atoms with E-state index in [9.17, 15) is 18.0 Å². The summed E-state index contributed by atoms with van der Waals surface area (Å²) in [7, 11) is 0. The number of hydrogen-bond donors (Lipinski definition) is 1. The SMILES string of the molecule is Cc1cc(C)c2cc(C(c3nnnn3C(C)(C)C)N3CCN(c4cccc(C(F)(F)F)c4)CC3)c(=O)[nH]c2c1. The molecule has 0 bridgehead atoms. The molecule has 8 nitrogen and oxygen atoms in total. The lowest BCUT2D eigenvalue weighted by atomic mass is 9.98. The molecule has 5 rings (SSSR count). The van der Waals surface area contributed by atoms with Crippen molar-refractivity contribution in [1.82, 2.24) is 30.1 Å². The number of pyridine rings is 1. The van der Waals surface area contributed by atoms with Gasteiger partial charge in [0, 0.05) is 48.3 Å². The van der Waals surface area contributed by atoms with Gasteiger partial charge in [-0.1, -0.05) is 12.1 Å². The molecule has 0 aliphatic carbocycles. The molecule has 1 aliphatic heterocycles. The van der Waals surface area contributed by atoms with Crippen molar-refractivity contribution >= 4 is 16.6 Å². The highest BCUT2D eigenvalue weighted by molar-refractivity contribution is 5.83. The lowest BCUT2D eigenvalue weighted by Gasteiger charge is -2.40. The van der Waals surface area contributed by atoms with Crippen LogP contribution in [-0.2, 0) is 11.7 Å². The Kier molecular flexibility index (Phi) is 6.74. The van der Waals surface area contributed by atoms with E-state index in [2.05, 4.69) is 31.5 Å². The molecule has 1 N–H and O–H groups in total. The number of piperazine rings is 1. The molecule has 1 saturated heterocycles. The standard InChI is InChI=1S/C28H32F3N7O/c1-17-13-18(2)21-16-22(26(39)32-23(21)14-17)24(25-33-34-35-38(25)27(3,4)5)37-11-9-36(10-12-37)20-8-6-7-19(15-20)28(29,30)31/h6-8,13-16,24H,9-12H2,1-5H3,(H,32,39). The molecule has 0 saturated carbocycles. The number of aromatic amines is 1. The average Bonchev–Trinajstić information content (AvgIpc) is 3.35. The van der Waals surface area contributed by atoms with E-state index in [1.165, 1.54) is 12.1 Å². The van der Waals surface area contributed by atoms with Gasteiger partial charge in [0.1, 0.15) is 6.04 Å². The molecule has 0 radical (unpaired) electrons. The van der Waals surface area contributed by atoms with Gasteiger partial charge in [-0.05, 0) is 86.5 Å². The molecule has 2 aromatic heterocycles. The minimum absolute atomic E-state index is 0.221. The first-order valence-electron chi connectivity index (χ1n) is 12.9. The number of halogens is 3. The molecule has 206 valence electrons. The first kappa shape index (κ1) is 26.9. The summed E-state index contributed by atoms with van der Waals surface area (Å²) < 4.78 is 41.6. The third kappa shape index (κ3) is 5.27. The number of nitrogens with one attached hydrogen (secondary N) is 1. The first-order valence-corrected chi connectivity index (χ1v) is 12.9. The average molecular weight is 540 g/mol. The number of nitrogens with zero attached hydrogens (tertiary/aromatic N) is 6. The summed E-state index contributed by atoms with van der Waals surface area (Å²) in [4.78, 5) is 20.7. The fraction of sp³-hybridized carbons (Fsp3) is 0.429. The van der Waals surface area contributed by atoms with E-state index in [0.29, 0.717) is 43.3 Å². The largest absolute Gasteiger partial charge is 0.416 e. The van der Waals surface area contributed by atoms with Gasteiger partial charge in [0.2, 0.25) is 0 Å². The summed E-state index contributed by atoms with van der Waals surface area (Å²) in [5.41, 5.74) is 2.60. The number of alkyl halides is 3. The molecule has 0 spiro atoms. The van der Waals surface area contributed by atoms with E-state index in [1.807, 2.05) is 51.7 Å². The number of fused-ring (bicyclic) bond motifs is 1. The van der Waals surface area contributed by atoms with Crippen LogP contribution in [-0.4, -0.2) is 56.3 Å². The number of tetrazole rings is 1. The molecular formula is C28H32F3N7O. The highest BCUT2D eigenvalue weighted by Gasteiger charge is 2.36. The van der Waals surface area contributed by atoms with E-state index in [-0.39, 0.29) is 5.56 Å². The van der Waals surface area contributed by atoms with Crippen LogP contribution < -0.4 is 10.5 Å². The predicted molar refractivity (Wildman–Crippen MR) is 144 cm³/mol. The summed E-state index contributed by atoms with van der Waals surface area (Å²) in [6.07, 6.45) is -4.40. The summed E-state index contributed by atoms with van der Waals surface area (Å²) in [5.74, 6) is 0.546. The van der Waals surface area contributed by atoms with Gasteiger partial charge in [0.05, 0.1) is 11.1 Å². The summed E-state index contributed by atoms with van der Waals surface area (Å²) in [5, 5.41) is 13.5. The second kappa shape index (κ2) is 9.78. The van der Waals surface area contributed by atoms with E-state index < -0.39 is 23.3 Å². The predicted octanol–water partition coefficient (Wildman–Crippen LogP) is 4.82. The highest BCUT2D eigenvalue weighted by atomic mass is 19.4. The topological polar surface area (TPSA) is 82.9 Å². The van der Waals surface area contributed by atoms with Gasteiger partial charge in [0.15, 0.2) is 5.82 Å². The van der Waals surface area contributed by atoms with Crippen molar-refractivity contribution in [2.75, 3.05) is 31.1 Å². The van der Waals surface area contributed by atoms with Crippen molar-refractivity contribution in [3.63, 3.8) is 0 Å². The van der Waals surface area contributed by atoms with Gasteiger partial charge in [-0.3, -0.25) is 9.69 Å². The van der Waals surface area contributed by atoms with E-state index in [1.54, 1.807) is 10.7 Å². The minimum atomic E-state index is -4.40. The number of hydrogen-bond acceptors (Lipinski definition) is 6. The van der Waals surface area contributed by atoms with Crippen LogP contribution in [0, 0.1) is 13.8 Å². The minimum Gasteiger partial charge on any atom is -0.369 e. The van der Waals surface area contributed by atoms with Crippen LogP contribution in [0.4, 0.5) is 18.9 Å². The van der Waals surface area contributed by atoms with Crippen LogP contribution >= 0.6 is 0 Å². The summed E-state index contributed by atoms with van der Waals surface area (Å²) >= 11 is 0. The quantitative estimate of drug-likeness (QED) is 0.401.